The number of ether oxygens (including phenoxy) is 2. The number of carbonyl (C=O) groups is 3. The van der Waals surface area contributed by atoms with Crippen molar-refractivity contribution in [2.24, 2.45) is 0 Å². The Morgan fingerprint density at radius 3 is 1.93 bits per heavy atom. The number of hydrogen-bond donors (Lipinski definition) is 1. The average Bonchev–Trinajstić information content (AvgIpc) is 2.22. The molecule has 0 radical (unpaired) electrons. The van der Waals surface area contributed by atoms with Crippen molar-refractivity contribution in [2.75, 3.05) is 14.2 Å². The van der Waals surface area contributed by atoms with E-state index in [0.717, 1.165) is 14.2 Å². The number of rotatable bonds is 4. The Labute approximate surface area is 91.9 Å². The normalized spacial score (nSPS) is 13.6. The largest absolute Gasteiger partial charge is 0.468 e. The molecule has 1 N–H and O–H groups in total. The van der Waals surface area contributed by atoms with Crippen LogP contribution in [0, 0.1) is 0 Å². The molecule has 0 rings (SSSR count). The summed E-state index contributed by atoms with van der Waals surface area (Å²) in [4.78, 5) is 33.0. The Morgan fingerprint density at radius 1 is 1.13 bits per heavy atom. The monoisotopic (exact) mass is 237 g/mol. The van der Waals surface area contributed by atoms with E-state index in [1.54, 1.807) is 0 Å². The Hall–Kier alpha value is -1.30. The molecule has 86 valence electrons. The summed E-state index contributed by atoms with van der Waals surface area (Å²) in [6.45, 7) is 1.19. The highest BCUT2D eigenvalue weighted by Gasteiger charge is 2.34. The van der Waals surface area contributed by atoms with Gasteiger partial charge >= 0.3 is 11.9 Å². The highest BCUT2D eigenvalue weighted by atomic mass is 35.5. The SMILES string of the molecule is COC(=O)[C@@H](Cl)[C@@H](NC(C)=O)C(=O)OC. The number of hydrogen-bond acceptors (Lipinski definition) is 5. The van der Waals surface area contributed by atoms with Crippen LogP contribution in [0.5, 0.6) is 0 Å². The van der Waals surface area contributed by atoms with Crippen molar-refractivity contribution < 1.29 is 23.9 Å². The molecule has 0 aromatic heterocycles. The lowest BCUT2D eigenvalue weighted by atomic mass is 10.2. The van der Waals surface area contributed by atoms with Crippen molar-refractivity contribution in [1.29, 1.82) is 0 Å². The molecule has 0 heterocycles. The van der Waals surface area contributed by atoms with Gasteiger partial charge in [-0.2, -0.15) is 0 Å². The van der Waals surface area contributed by atoms with Gasteiger partial charge in [0.15, 0.2) is 11.4 Å². The number of esters is 2. The molecule has 0 fully saturated rings. The molecule has 0 bridgehead atoms. The first-order chi connectivity index (χ1) is 6.93. The first-order valence-electron chi connectivity index (χ1n) is 4.00. The summed E-state index contributed by atoms with van der Waals surface area (Å²) in [5.41, 5.74) is 0. The molecule has 7 heteroatoms. The Bertz CT molecular complexity index is 268. The number of halogens is 1. The Balaban J connectivity index is 4.68. The van der Waals surface area contributed by atoms with Crippen molar-refractivity contribution in [3.8, 4) is 0 Å². The third-order valence-electron chi connectivity index (χ3n) is 1.53. The van der Waals surface area contributed by atoms with E-state index in [1.807, 2.05) is 0 Å². The van der Waals surface area contributed by atoms with Gasteiger partial charge in [-0.05, 0) is 0 Å². The van der Waals surface area contributed by atoms with Crippen LogP contribution < -0.4 is 5.32 Å². The lowest BCUT2D eigenvalue weighted by molar-refractivity contribution is -0.150. The van der Waals surface area contributed by atoms with E-state index in [0.29, 0.717) is 0 Å². The van der Waals surface area contributed by atoms with E-state index >= 15 is 0 Å². The molecule has 0 aliphatic carbocycles. The molecule has 15 heavy (non-hydrogen) atoms. The van der Waals surface area contributed by atoms with Gasteiger partial charge in [-0.3, -0.25) is 9.59 Å². The van der Waals surface area contributed by atoms with Gasteiger partial charge in [-0.1, -0.05) is 0 Å². The summed E-state index contributed by atoms with van der Waals surface area (Å²) >= 11 is 5.63. The van der Waals surface area contributed by atoms with Gasteiger partial charge in [-0.15, -0.1) is 11.6 Å². The van der Waals surface area contributed by atoms with Gasteiger partial charge in [0.05, 0.1) is 14.2 Å². The first kappa shape index (κ1) is 13.7. The van der Waals surface area contributed by atoms with Crippen molar-refractivity contribution in [3.63, 3.8) is 0 Å². The standard InChI is InChI=1S/C8H12ClNO5/c1-4(11)10-6(8(13)15-3)5(9)7(12)14-2/h5-6H,1-3H3,(H,10,11)/t5-,6+/m0/s1. The van der Waals surface area contributed by atoms with E-state index in [2.05, 4.69) is 14.8 Å². The van der Waals surface area contributed by atoms with E-state index in [-0.39, 0.29) is 0 Å². The quantitative estimate of drug-likeness (QED) is 0.524. The molecular formula is C8H12ClNO5. The second kappa shape index (κ2) is 6.23. The lowest BCUT2D eigenvalue weighted by Gasteiger charge is -2.18. The first-order valence-corrected chi connectivity index (χ1v) is 4.44. The molecule has 0 spiro atoms. The minimum absolute atomic E-state index is 0.500. The maximum Gasteiger partial charge on any atom is 0.330 e. The van der Waals surface area contributed by atoms with E-state index in [1.165, 1.54) is 6.92 Å². The highest BCUT2D eigenvalue weighted by molar-refractivity contribution is 6.32. The van der Waals surface area contributed by atoms with Gasteiger partial charge in [0.2, 0.25) is 5.91 Å². The molecule has 1 amide bonds. The van der Waals surface area contributed by atoms with Crippen LogP contribution in [0.2, 0.25) is 0 Å². The molecule has 0 aliphatic rings. The molecule has 0 saturated heterocycles. The zero-order chi connectivity index (χ0) is 12.0. The second-order valence-electron chi connectivity index (χ2n) is 2.63. The maximum atomic E-state index is 11.2. The molecule has 0 aromatic carbocycles. The smallest absolute Gasteiger partial charge is 0.330 e. The Kier molecular flexibility index (Phi) is 5.69. The number of nitrogens with one attached hydrogen (secondary N) is 1. The molecule has 0 aromatic rings. The molecule has 0 saturated carbocycles. The number of alkyl halides is 1. The Morgan fingerprint density at radius 2 is 1.60 bits per heavy atom. The summed E-state index contributed by atoms with van der Waals surface area (Å²) in [5, 5.41) is 0.886. The van der Waals surface area contributed by atoms with Crippen LogP contribution in [-0.4, -0.2) is 43.5 Å². The third kappa shape index (κ3) is 4.16. The van der Waals surface area contributed by atoms with Crippen LogP contribution in [0.4, 0.5) is 0 Å². The van der Waals surface area contributed by atoms with Gasteiger partial charge in [0, 0.05) is 6.92 Å². The van der Waals surface area contributed by atoms with Crippen LogP contribution in [-0.2, 0) is 23.9 Å². The zero-order valence-electron chi connectivity index (χ0n) is 8.57. The van der Waals surface area contributed by atoms with Gasteiger partial charge in [0.25, 0.3) is 0 Å². The topological polar surface area (TPSA) is 81.7 Å². The second-order valence-corrected chi connectivity index (χ2v) is 3.10. The maximum absolute atomic E-state index is 11.2. The molecular weight excluding hydrogens is 226 g/mol. The number of carbonyl (C=O) groups excluding carboxylic acids is 3. The van der Waals surface area contributed by atoms with E-state index in [9.17, 15) is 14.4 Å². The molecule has 2 atom stereocenters. The third-order valence-corrected chi connectivity index (χ3v) is 1.96. The number of methoxy groups -OCH3 is 2. The molecule has 0 unspecified atom stereocenters. The predicted molar refractivity (Wildman–Crippen MR) is 51.3 cm³/mol. The summed E-state index contributed by atoms with van der Waals surface area (Å²) in [7, 11) is 2.25. The van der Waals surface area contributed by atoms with Gasteiger partial charge < -0.3 is 14.8 Å². The summed E-state index contributed by atoms with van der Waals surface area (Å²) in [6.07, 6.45) is 0. The highest BCUT2D eigenvalue weighted by Crippen LogP contribution is 2.07. The van der Waals surface area contributed by atoms with Crippen LogP contribution in [0.15, 0.2) is 0 Å². The fourth-order valence-corrected chi connectivity index (χ4v) is 1.10. The fourth-order valence-electron chi connectivity index (χ4n) is 0.846. The van der Waals surface area contributed by atoms with Gasteiger partial charge in [0.1, 0.15) is 0 Å². The van der Waals surface area contributed by atoms with Crippen molar-refractivity contribution in [3.05, 3.63) is 0 Å². The van der Waals surface area contributed by atoms with Crippen molar-refractivity contribution in [1.82, 2.24) is 5.32 Å². The van der Waals surface area contributed by atoms with Crippen molar-refractivity contribution >= 4 is 29.4 Å². The van der Waals surface area contributed by atoms with E-state index < -0.39 is 29.3 Å². The average molecular weight is 238 g/mol. The van der Waals surface area contributed by atoms with Crippen LogP contribution in [0.1, 0.15) is 6.92 Å². The van der Waals surface area contributed by atoms with Crippen LogP contribution >= 0.6 is 11.6 Å². The van der Waals surface area contributed by atoms with E-state index in [4.69, 9.17) is 11.6 Å². The van der Waals surface area contributed by atoms with Crippen molar-refractivity contribution in [2.45, 2.75) is 18.3 Å². The van der Waals surface area contributed by atoms with Crippen LogP contribution in [0.25, 0.3) is 0 Å². The minimum Gasteiger partial charge on any atom is -0.468 e. The zero-order valence-corrected chi connectivity index (χ0v) is 9.33. The fraction of sp³-hybridized carbons (Fsp3) is 0.625. The molecule has 6 nitrogen and oxygen atoms in total. The summed E-state index contributed by atoms with van der Waals surface area (Å²) in [5.74, 6) is -2.13. The summed E-state index contributed by atoms with van der Waals surface area (Å²) in [6, 6.07) is -1.25. The van der Waals surface area contributed by atoms with Crippen LogP contribution in [0.3, 0.4) is 0 Å². The summed E-state index contributed by atoms with van der Waals surface area (Å²) < 4.78 is 8.72. The van der Waals surface area contributed by atoms with Gasteiger partial charge in [-0.25, -0.2) is 4.79 Å². The predicted octanol–water partition coefficient (Wildman–Crippen LogP) is -0.556. The lowest BCUT2D eigenvalue weighted by Crippen LogP contribution is -2.49. The number of amides is 1. The minimum atomic E-state index is -1.31. The molecule has 0 aliphatic heterocycles.